The van der Waals surface area contributed by atoms with Crippen molar-refractivity contribution in [3.8, 4) is 0 Å². The summed E-state index contributed by atoms with van der Waals surface area (Å²) in [6.07, 6.45) is 0. The van der Waals surface area contributed by atoms with Crippen LogP contribution in [0.5, 0.6) is 0 Å². The van der Waals surface area contributed by atoms with Crippen LogP contribution in [0.15, 0.2) is 28.7 Å². The summed E-state index contributed by atoms with van der Waals surface area (Å²) in [5.41, 5.74) is -1.67. The number of hydrogen-bond acceptors (Lipinski definition) is 1. The molecule has 0 aliphatic heterocycles. The maximum atomic E-state index is 13.5. The fourth-order valence-corrected chi connectivity index (χ4v) is 1.81. The Morgan fingerprint density at radius 2 is 1.15 bits per heavy atom. The van der Waals surface area contributed by atoms with Gasteiger partial charge in [0, 0.05) is 10.0 Å². The minimum absolute atomic E-state index is 0.198. The van der Waals surface area contributed by atoms with E-state index in [2.05, 4.69) is 15.9 Å². The van der Waals surface area contributed by atoms with Crippen LogP contribution in [0.2, 0.25) is 0 Å². The minimum atomic E-state index is -2.30. The van der Waals surface area contributed by atoms with E-state index in [1.807, 2.05) is 0 Å². The van der Waals surface area contributed by atoms with Crippen LogP contribution in [0.1, 0.15) is 15.9 Å². The lowest BCUT2D eigenvalue weighted by Gasteiger charge is -2.07. The quantitative estimate of drug-likeness (QED) is 0.340. The van der Waals surface area contributed by atoms with Crippen molar-refractivity contribution >= 4 is 21.7 Å². The molecule has 0 atom stereocenters. The normalized spacial score (nSPS) is 10.7. The van der Waals surface area contributed by atoms with Crippen molar-refractivity contribution in [3.05, 3.63) is 69.0 Å². The fraction of sp³-hybridized carbons (Fsp3) is 0. The standard InChI is InChI=1S/C13H4BrF5O/c14-6-3-1-5(2-4-6)13(20)7-8(15)10(17)12(19)11(18)9(7)16/h1-4H. The van der Waals surface area contributed by atoms with Crippen LogP contribution in [-0.4, -0.2) is 5.78 Å². The van der Waals surface area contributed by atoms with E-state index in [4.69, 9.17) is 0 Å². The molecule has 0 saturated heterocycles. The van der Waals surface area contributed by atoms with Crippen LogP contribution < -0.4 is 0 Å². The van der Waals surface area contributed by atoms with E-state index in [0.717, 1.165) is 0 Å². The second-order valence-corrected chi connectivity index (χ2v) is 4.70. The Morgan fingerprint density at radius 3 is 1.60 bits per heavy atom. The molecule has 0 fully saturated rings. The monoisotopic (exact) mass is 350 g/mol. The summed E-state index contributed by atoms with van der Waals surface area (Å²) in [4.78, 5) is 11.9. The minimum Gasteiger partial charge on any atom is -0.288 e. The molecule has 2 rings (SSSR count). The van der Waals surface area contributed by atoms with E-state index >= 15 is 0 Å². The highest BCUT2D eigenvalue weighted by atomic mass is 79.9. The molecule has 7 heteroatoms. The van der Waals surface area contributed by atoms with E-state index in [1.165, 1.54) is 24.3 Å². The summed E-state index contributed by atoms with van der Waals surface area (Å²) < 4.78 is 66.4. The van der Waals surface area contributed by atoms with Crippen LogP contribution >= 0.6 is 15.9 Å². The average Bonchev–Trinajstić information content (AvgIpc) is 2.44. The van der Waals surface area contributed by atoms with Crippen molar-refractivity contribution in [2.75, 3.05) is 0 Å². The van der Waals surface area contributed by atoms with Gasteiger partial charge in [0.1, 0.15) is 5.56 Å². The van der Waals surface area contributed by atoms with Gasteiger partial charge < -0.3 is 0 Å². The summed E-state index contributed by atoms with van der Waals surface area (Å²) in [6, 6.07) is 5.20. The van der Waals surface area contributed by atoms with Crippen molar-refractivity contribution in [3.63, 3.8) is 0 Å². The molecule has 0 N–H and O–H groups in total. The lowest BCUT2D eigenvalue weighted by molar-refractivity contribution is 0.102. The van der Waals surface area contributed by atoms with Crippen LogP contribution in [-0.2, 0) is 0 Å². The number of hydrogen-bond donors (Lipinski definition) is 0. The fourth-order valence-electron chi connectivity index (χ4n) is 1.55. The van der Waals surface area contributed by atoms with Crippen molar-refractivity contribution in [1.82, 2.24) is 0 Å². The zero-order valence-corrected chi connectivity index (χ0v) is 11.1. The van der Waals surface area contributed by atoms with Gasteiger partial charge in [-0.05, 0) is 24.3 Å². The largest absolute Gasteiger partial charge is 0.288 e. The van der Waals surface area contributed by atoms with Crippen molar-refractivity contribution < 1.29 is 26.7 Å². The summed E-state index contributed by atoms with van der Waals surface area (Å²) in [7, 11) is 0. The highest BCUT2D eigenvalue weighted by Gasteiger charge is 2.30. The summed E-state index contributed by atoms with van der Waals surface area (Å²) in [6.45, 7) is 0. The van der Waals surface area contributed by atoms with Gasteiger partial charge in [-0.3, -0.25) is 4.79 Å². The first-order valence-corrected chi connectivity index (χ1v) is 5.95. The Bertz CT molecular complexity index is 668. The Hall–Kier alpha value is -1.76. The first-order valence-electron chi connectivity index (χ1n) is 5.16. The number of ketones is 1. The summed E-state index contributed by atoms with van der Waals surface area (Å²) in [5.74, 6) is -12.2. The zero-order chi connectivity index (χ0) is 15.0. The molecule has 0 saturated carbocycles. The van der Waals surface area contributed by atoms with Crippen LogP contribution in [0.3, 0.4) is 0 Å². The summed E-state index contributed by atoms with van der Waals surface area (Å²) in [5, 5.41) is 0. The zero-order valence-electron chi connectivity index (χ0n) is 9.49. The van der Waals surface area contributed by atoms with Crippen LogP contribution in [0.4, 0.5) is 22.0 Å². The first kappa shape index (κ1) is 14.6. The second-order valence-electron chi connectivity index (χ2n) is 3.78. The van der Waals surface area contributed by atoms with E-state index in [9.17, 15) is 26.7 Å². The molecule has 104 valence electrons. The number of carbonyl (C=O) groups excluding carboxylic acids is 1. The van der Waals surface area contributed by atoms with Crippen LogP contribution in [0.25, 0.3) is 0 Å². The van der Waals surface area contributed by atoms with Gasteiger partial charge in [0.05, 0.1) is 0 Å². The average molecular weight is 351 g/mol. The first-order chi connectivity index (χ1) is 9.34. The lowest BCUT2D eigenvalue weighted by atomic mass is 10.0. The van der Waals surface area contributed by atoms with Crippen molar-refractivity contribution in [1.29, 1.82) is 0 Å². The van der Waals surface area contributed by atoms with Gasteiger partial charge in [-0.25, -0.2) is 22.0 Å². The van der Waals surface area contributed by atoms with E-state index in [1.54, 1.807) is 0 Å². The molecular weight excluding hydrogens is 347 g/mol. The van der Waals surface area contributed by atoms with E-state index < -0.39 is 40.4 Å². The third-order valence-corrected chi connectivity index (χ3v) is 3.07. The van der Waals surface area contributed by atoms with Gasteiger partial charge >= 0.3 is 0 Å². The maximum absolute atomic E-state index is 13.5. The Kier molecular flexibility index (Phi) is 3.89. The molecule has 2 aromatic carbocycles. The van der Waals surface area contributed by atoms with Gasteiger partial charge in [-0.1, -0.05) is 15.9 Å². The van der Waals surface area contributed by atoms with Gasteiger partial charge in [0.15, 0.2) is 29.1 Å². The van der Waals surface area contributed by atoms with Gasteiger partial charge in [-0.2, -0.15) is 0 Å². The molecule has 0 aliphatic rings. The molecule has 2 aromatic rings. The summed E-state index contributed by atoms with van der Waals surface area (Å²) >= 11 is 3.08. The highest BCUT2D eigenvalue weighted by molar-refractivity contribution is 9.10. The molecule has 20 heavy (non-hydrogen) atoms. The SMILES string of the molecule is O=C(c1ccc(Br)cc1)c1c(F)c(F)c(F)c(F)c1F. The molecule has 0 heterocycles. The number of carbonyl (C=O) groups is 1. The number of halogens is 6. The Labute approximate surface area is 118 Å². The van der Waals surface area contributed by atoms with Crippen molar-refractivity contribution in [2.45, 2.75) is 0 Å². The molecule has 0 spiro atoms. The number of benzene rings is 2. The maximum Gasteiger partial charge on any atom is 0.200 e. The van der Waals surface area contributed by atoms with Crippen LogP contribution in [0, 0.1) is 29.1 Å². The molecule has 0 aromatic heterocycles. The highest BCUT2D eigenvalue weighted by Crippen LogP contribution is 2.25. The molecular formula is C13H4BrF5O. The second kappa shape index (κ2) is 5.32. The van der Waals surface area contributed by atoms with E-state index in [0.29, 0.717) is 4.47 Å². The third-order valence-electron chi connectivity index (χ3n) is 2.54. The molecule has 0 radical (unpaired) electrons. The molecule has 0 unspecified atom stereocenters. The van der Waals surface area contributed by atoms with Crippen molar-refractivity contribution in [2.24, 2.45) is 0 Å². The smallest absolute Gasteiger partial charge is 0.200 e. The van der Waals surface area contributed by atoms with Gasteiger partial charge in [0.2, 0.25) is 5.82 Å². The molecule has 0 aliphatic carbocycles. The van der Waals surface area contributed by atoms with Gasteiger partial charge in [-0.15, -0.1) is 0 Å². The Morgan fingerprint density at radius 1 is 0.750 bits per heavy atom. The molecule has 0 bridgehead atoms. The third kappa shape index (κ3) is 2.33. The predicted molar refractivity (Wildman–Crippen MR) is 63.8 cm³/mol. The Balaban J connectivity index is 2.64. The van der Waals surface area contributed by atoms with Gasteiger partial charge in [0.25, 0.3) is 0 Å². The van der Waals surface area contributed by atoms with E-state index in [-0.39, 0.29) is 5.56 Å². The molecule has 0 amide bonds. The number of rotatable bonds is 2. The molecule has 1 nitrogen and oxygen atoms in total. The lowest BCUT2D eigenvalue weighted by Crippen LogP contribution is -2.13. The predicted octanol–water partition coefficient (Wildman–Crippen LogP) is 4.38. The topological polar surface area (TPSA) is 17.1 Å².